The quantitative estimate of drug-likeness (QED) is 0.896. The molecule has 1 aliphatic carbocycles. The number of likely N-dealkylation sites (tertiary alicyclic amines) is 1. The fourth-order valence-corrected chi connectivity index (χ4v) is 3.00. The minimum Gasteiger partial charge on any atom is -0.352 e. The van der Waals surface area contributed by atoms with Gasteiger partial charge in [-0.1, -0.05) is 6.07 Å². The first kappa shape index (κ1) is 11.7. The Kier molecular flexibility index (Phi) is 3.07. The molecule has 1 aromatic heterocycles. The molecular weight excluding hydrogens is 248 g/mol. The molecule has 2 heterocycles. The van der Waals surface area contributed by atoms with Crippen molar-refractivity contribution >= 4 is 23.2 Å². The van der Waals surface area contributed by atoms with E-state index in [1.165, 1.54) is 0 Å². The minimum atomic E-state index is -0.264. The lowest BCUT2D eigenvalue weighted by atomic mass is 10.2. The summed E-state index contributed by atoms with van der Waals surface area (Å²) < 4.78 is 0. The summed E-state index contributed by atoms with van der Waals surface area (Å²) in [6, 6.07) is 4.07. The molecule has 0 aromatic carbocycles. The molecule has 0 spiro atoms. The van der Waals surface area contributed by atoms with Gasteiger partial charge in [0.05, 0.1) is 6.54 Å². The molecule has 2 aliphatic rings. The van der Waals surface area contributed by atoms with Crippen molar-refractivity contribution in [3.63, 3.8) is 0 Å². The van der Waals surface area contributed by atoms with Crippen molar-refractivity contribution in [3.8, 4) is 0 Å². The maximum atomic E-state index is 12.1. The maximum absolute atomic E-state index is 12.1. The van der Waals surface area contributed by atoms with E-state index in [4.69, 9.17) is 0 Å². The third kappa shape index (κ3) is 2.41. The van der Waals surface area contributed by atoms with Crippen molar-refractivity contribution < 1.29 is 9.59 Å². The Labute approximate surface area is 110 Å². The number of thiophene rings is 1. The van der Waals surface area contributed by atoms with Gasteiger partial charge in [-0.15, -0.1) is 11.3 Å². The molecule has 1 saturated heterocycles. The smallest absolute Gasteiger partial charge is 0.243 e. The molecule has 0 unspecified atom stereocenters. The van der Waals surface area contributed by atoms with Crippen molar-refractivity contribution in [2.75, 3.05) is 0 Å². The summed E-state index contributed by atoms with van der Waals surface area (Å²) in [7, 11) is 0. The van der Waals surface area contributed by atoms with Crippen molar-refractivity contribution in [1.82, 2.24) is 10.2 Å². The van der Waals surface area contributed by atoms with E-state index in [9.17, 15) is 9.59 Å². The van der Waals surface area contributed by atoms with Crippen LogP contribution in [0.3, 0.4) is 0 Å². The van der Waals surface area contributed by atoms with Crippen LogP contribution in [-0.2, 0) is 16.1 Å². The number of carbonyl (C=O) groups excluding carboxylic acids is 2. The zero-order chi connectivity index (χ0) is 12.5. The molecule has 1 aliphatic heterocycles. The van der Waals surface area contributed by atoms with Crippen LogP contribution in [0.25, 0.3) is 0 Å². The molecule has 0 bridgehead atoms. The second-order valence-electron chi connectivity index (χ2n) is 4.94. The van der Waals surface area contributed by atoms with E-state index in [1.807, 2.05) is 17.5 Å². The van der Waals surface area contributed by atoms with Crippen LogP contribution in [-0.4, -0.2) is 28.8 Å². The second kappa shape index (κ2) is 4.72. The highest BCUT2D eigenvalue weighted by molar-refractivity contribution is 7.09. The van der Waals surface area contributed by atoms with Crippen molar-refractivity contribution in [1.29, 1.82) is 0 Å². The summed E-state index contributed by atoms with van der Waals surface area (Å²) in [5.41, 5.74) is 0. The molecule has 1 atom stereocenters. The van der Waals surface area contributed by atoms with E-state index in [0.717, 1.165) is 17.7 Å². The van der Waals surface area contributed by atoms with Crippen LogP contribution in [0.1, 0.15) is 30.6 Å². The van der Waals surface area contributed by atoms with E-state index in [0.29, 0.717) is 25.4 Å². The topological polar surface area (TPSA) is 49.4 Å². The fourth-order valence-electron chi connectivity index (χ4n) is 2.30. The van der Waals surface area contributed by atoms with Crippen LogP contribution in [0.2, 0.25) is 0 Å². The van der Waals surface area contributed by atoms with Crippen LogP contribution in [0.4, 0.5) is 0 Å². The SMILES string of the molecule is O=C(NC1CC1)[C@@H]1CCC(=O)N1Cc1cccs1. The maximum Gasteiger partial charge on any atom is 0.243 e. The molecular formula is C13H16N2O2S. The summed E-state index contributed by atoms with van der Waals surface area (Å²) in [5, 5.41) is 4.99. The molecule has 1 aromatic rings. The van der Waals surface area contributed by atoms with Gasteiger partial charge in [0.15, 0.2) is 0 Å². The van der Waals surface area contributed by atoms with E-state index in [-0.39, 0.29) is 17.9 Å². The Morgan fingerprint density at radius 2 is 2.28 bits per heavy atom. The standard InChI is InChI=1S/C13H16N2O2S/c16-12-6-5-11(13(17)14-9-3-4-9)15(12)8-10-2-1-7-18-10/h1-2,7,9,11H,3-6,8H2,(H,14,17)/t11-/m0/s1. The van der Waals surface area contributed by atoms with Crippen molar-refractivity contribution in [2.24, 2.45) is 0 Å². The van der Waals surface area contributed by atoms with Gasteiger partial charge in [0, 0.05) is 17.3 Å². The number of rotatable bonds is 4. The number of nitrogens with zero attached hydrogens (tertiary/aromatic N) is 1. The number of hydrogen-bond acceptors (Lipinski definition) is 3. The van der Waals surface area contributed by atoms with E-state index in [2.05, 4.69) is 5.32 Å². The second-order valence-corrected chi connectivity index (χ2v) is 5.97. The summed E-state index contributed by atoms with van der Waals surface area (Å²) in [6.45, 7) is 0.569. The first-order valence-electron chi connectivity index (χ1n) is 6.36. The van der Waals surface area contributed by atoms with Crippen molar-refractivity contribution in [3.05, 3.63) is 22.4 Å². The van der Waals surface area contributed by atoms with Crippen molar-refractivity contribution in [2.45, 2.75) is 44.3 Å². The predicted molar refractivity (Wildman–Crippen MR) is 69.1 cm³/mol. The first-order valence-corrected chi connectivity index (χ1v) is 7.24. The van der Waals surface area contributed by atoms with Gasteiger partial charge in [-0.25, -0.2) is 0 Å². The average molecular weight is 264 g/mol. The van der Waals surface area contributed by atoms with Crippen LogP contribution in [0.15, 0.2) is 17.5 Å². The molecule has 18 heavy (non-hydrogen) atoms. The summed E-state index contributed by atoms with van der Waals surface area (Å²) >= 11 is 1.63. The zero-order valence-corrected chi connectivity index (χ0v) is 10.9. The summed E-state index contributed by atoms with van der Waals surface area (Å²) in [6.07, 6.45) is 3.31. The molecule has 4 nitrogen and oxygen atoms in total. The first-order chi connectivity index (χ1) is 8.74. The predicted octanol–water partition coefficient (Wildman–Crippen LogP) is 1.52. The number of nitrogens with one attached hydrogen (secondary N) is 1. The lowest BCUT2D eigenvalue weighted by molar-refractivity contribution is -0.135. The number of amides is 2. The average Bonchev–Trinajstić information content (AvgIpc) is 2.88. The highest BCUT2D eigenvalue weighted by atomic mass is 32.1. The van der Waals surface area contributed by atoms with Gasteiger partial charge in [-0.05, 0) is 30.7 Å². The fraction of sp³-hybridized carbons (Fsp3) is 0.538. The Hall–Kier alpha value is -1.36. The molecule has 0 radical (unpaired) electrons. The summed E-state index contributed by atoms with van der Waals surface area (Å²) in [4.78, 5) is 26.8. The van der Waals surface area contributed by atoms with Gasteiger partial charge in [0.2, 0.25) is 11.8 Å². The van der Waals surface area contributed by atoms with Gasteiger partial charge in [0.25, 0.3) is 0 Å². The number of carbonyl (C=O) groups is 2. The molecule has 5 heteroatoms. The molecule has 3 rings (SSSR count). The van der Waals surface area contributed by atoms with Crippen LogP contribution in [0.5, 0.6) is 0 Å². The largest absolute Gasteiger partial charge is 0.352 e. The van der Waals surface area contributed by atoms with Gasteiger partial charge in [0.1, 0.15) is 6.04 Å². The monoisotopic (exact) mass is 264 g/mol. The highest BCUT2D eigenvalue weighted by Crippen LogP contribution is 2.25. The molecule has 1 saturated carbocycles. The minimum absolute atomic E-state index is 0.0277. The molecule has 96 valence electrons. The van der Waals surface area contributed by atoms with E-state index >= 15 is 0 Å². The Morgan fingerprint density at radius 3 is 2.94 bits per heavy atom. The highest BCUT2D eigenvalue weighted by Gasteiger charge is 2.37. The molecule has 2 fully saturated rings. The third-order valence-electron chi connectivity index (χ3n) is 3.46. The van der Waals surface area contributed by atoms with Gasteiger partial charge in [-0.2, -0.15) is 0 Å². The Balaban J connectivity index is 1.68. The third-order valence-corrected chi connectivity index (χ3v) is 4.32. The van der Waals surface area contributed by atoms with Gasteiger partial charge >= 0.3 is 0 Å². The number of hydrogen-bond donors (Lipinski definition) is 1. The molecule has 1 N–H and O–H groups in total. The normalized spacial score (nSPS) is 23.4. The van der Waals surface area contributed by atoms with Crippen LogP contribution in [0, 0.1) is 0 Å². The lowest BCUT2D eigenvalue weighted by Crippen LogP contribution is -2.44. The van der Waals surface area contributed by atoms with E-state index < -0.39 is 0 Å². The van der Waals surface area contributed by atoms with E-state index in [1.54, 1.807) is 16.2 Å². The zero-order valence-electron chi connectivity index (χ0n) is 10.1. The van der Waals surface area contributed by atoms with Crippen LogP contribution >= 0.6 is 11.3 Å². The van der Waals surface area contributed by atoms with Crippen LogP contribution < -0.4 is 5.32 Å². The summed E-state index contributed by atoms with van der Waals surface area (Å²) in [5.74, 6) is 0.124. The lowest BCUT2D eigenvalue weighted by Gasteiger charge is -2.23. The molecule has 2 amide bonds. The van der Waals surface area contributed by atoms with Gasteiger partial charge < -0.3 is 10.2 Å². The Bertz CT molecular complexity index is 454. The Morgan fingerprint density at radius 1 is 1.44 bits per heavy atom. The van der Waals surface area contributed by atoms with Gasteiger partial charge in [-0.3, -0.25) is 9.59 Å².